The van der Waals surface area contributed by atoms with Crippen molar-refractivity contribution in [2.24, 2.45) is 11.3 Å². The number of hydrogen-bond donors (Lipinski definition) is 1. The van der Waals surface area contributed by atoms with Crippen LogP contribution in [-0.4, -0.2) is 23.8 Å². The van der Waals surface area contributed by atoms with Gasteiger partial charge in [-0.2, -0.15) is 0 Å². The van der Waals surface area contributed by atoms with Gasteiger partial charge < -0.3 is 14.6 Å². The lowest BCUT2D eigenvalue weighted by Gasteiger charge is -2.27. The number of esters is 1. The van der Waals surface area contributed by atoms with Crippen LogP contribution in [0.2, 0.25) is 0 Å². The van der Waals surface area contributed by atoms with Crippen molar-refractivity contribution < 1.29 is 23.8 Å². The molecule has 178 valence electrons. The molecule has 4 nitrogen and oxygen atoms in total. The number of hydrogen-bond acceptors (Lipinski definition) is 4. The zero-order valence-electron chi connectivity index (χ0n) is 19.7. The number of benzene rings is 3. The Kier molecular flexibility index (Phi) is 7.32. The molecule has 0 aliphatic heterocycles. The standard InChI is InChI=1S/C29H31FO4/c1-3-33-28(32)29(16-20(2)26(31)18-29)17-22-13-14-25(30)24(15-22)23-11-7-8-12-27(23)34-19-21-9-5-4-6-10-21/h4-15,20,26,31H,3,16-19H2,1-2H3/t20-,26+,29-/m1/s1. The molecule has 1 fully saturated rings. The first-order chi connectivity index (χ1) is 16.4. The molecule has 5 heteroatoms. The molecule has 3 aromatic carbocycles. The topological polar surface area (TPSA) is 55.8 Å². The van der Waals surface area contributed by atoms with Crippen molar-refractivity contribution in [3.63, 3.8) is 0 Å². The summed E-state index contributed by atoms with van der Waals surface area (Å²) in [4.78, 5) is 12.9. The molecule has 0 radical (unpaired) electrons. The van der Waals surface area contributed by atoms with Crippen LogP contribution in [0, 0.1) is 17.2 Å². The van der Waals surface area contributed by atoms with E-state index in [0.29, 0.717) is 42.7 Å². The van der Waals surface area contributed by atoms with Crippen LogP contribution < -0.4 is 4.74 Å². The highest BCUT2D eigenvalue weighted by atomic mass is 19.1. The number of carbonyl (C=O) groups excluding carboxylic acids is 1. The van der Waals surface area contributed by atoms with E-state index in [0.717, 1.165) is 11.1 Å². The summed E-state index contributed by atoms with van der Waals surface area (Å²) in [5.41, 5.74) is 2.11. The third kappa shape index (κ3) is 5.15. The van der Waals surface area contributed by atoms with Crippen LogP contribution in [-0.2, 0) is 22.6 Å². The van der Waals surface area contributed by atoms with E-state index in [1.165, 1.54) is 6.07 Å². The molecule has 0 amide bonds. The molecule has 0 spiro atoms. The van der Waals surface area contributed by atoms with Gasteiger partial charge in [0, 0.05) is 11.1 Å². The van der Waals surface area contributed by atoms with Crippen LogP contribution in [0.5, 0.6) is 5.75 Å². The molecule has 0 heterocycles. The second-order valence-corrected chi connectivity index (χ2v) is 9.22. The number of carbonyl (C=O) groups is 1. The molecule has 34 heavy (non-hydrogen) atoms. The summed E-state index contributed by atoms with van der Waals surface area (Å²) in [5.74, 6) is -0.0655. The molecular weight excluding hydrogens is 431 g/mol. The van der Waals surface area contributed by atoms with Gasteiger partial charge in [-0.3, -0.25) is 4.79 Å². The maximum absolute atomic E-state index is 15.0. The van der Waals surface area contributed by atoms with Gasteiger partial charge in [0.05, 0.1) is 18.1 Å². The first-order valence-electron chi connectivity index (χ1n) is 11.8. The smallest absolute Gasteiger partial charge is 0.312 e. The third-order valence-electron chi connectivity index (χ3n) is 6.67. The Hall–Kier alpha value is -3.18. The third-order valence-corrected chi connectivity index (χ3v) is 6.67. The van der Waals surface area contributed by atoms with E-state index in [2.05, 4.69) is 0 Å². The van der Waals surface area contributed by atoms with Crippen LogP contribution in [0.3, 0.4) is 0 Å². The molecule has 4 rings (SSSR count). The second-order valence-electron chi connectivity index (χ2n) is 9.22. The predicted molar refractivity (Wildman–Crippen MR) is 130 cm³/mol. The highest BCUT2D eigenvalue weighted by molar-refractivity contribution is 5.78. The Morgan fingerprint density at radius 2 is 1.74 bits per heavy atom. The van der Waals surface area contributed by atoms with Crippen LogP contribution in [0.1, 0.15) is 37.8 Å². The van der Waals surface area contributed by atoms with Crippen LogP contribution in [0.25, 0.3) is 11.1 Å². The van der Waals surface area contributed by atoms with E-state index in [1.807, 2.05) is 61.5 Å². The molecule has 1 N–H and O–H groups in total. The van der Waals surface area contributed by atoms with Gasteiger partial charge in [0.15, 0.2) is 0 Å². The average molecular weight is 463 g/mol. The summed E-state index contributed by atoms with van der Waals surface area (Å²) >= 11 is 0. The minimum Gasteiger partial charge on any atom is -0.488 e. The molecule has 1 aliphatic rings. The van der Waals surface area contributed by atoms with Crippen LogP contribution >= 0.6 is 0 Å². The zero-order valence-corrected chi connectivity index (χ0v) is 19.7. The zero-order chi connectivity index (χ0) is 24.1. The van der Waals surface area contributed by atoms with Crippen LogP contribution in [0.15, 0.2) is 72.8 Å². The van der Waals surface area contributed by atoms with E-state index >= 15 is 4.39 Å². The van der Waals surface area contributed by atoms with E-state index in [1.54, 1.807) is 19.1 Å². The lowest BCUT2D eigenvalue weighted by molar-refractivity contribution is -0.155. The lowest BCUT2D eigenvalue weighted by Crippen LogP contribution is -2.33. The second kappa shape index (κ2) is 10.4. The minimum atomic E-state index is -0.812. The Morgan fingerprint density at radius 3 is 2.44 bits per heavy atom. The van der Waals surface area contributed by atoms with Gasteiger partial charge in [-0.25, -0.2) is 4.39 Å². The Balaban J connectivity index is 1.63. The highest BCUT2D eigenvalue weighted by Gasteiger charge is 2.49. The van der Waals surface area contributed by atoms with Gasteiger partial charge in [0.2, 0.25) is 0 Å². The van der Waals surface area contributed by atoms with Gasteiger partial charge in [-0.1, -0.05) is 61.5 Å². The Morgan fingerprint density at radius 1 is 1.00 bits per heavy atom. The fourth-order valence-electron chi connectivity index (χ4n) is 4.93. The van der Waals surface area contributed by atoms with E-state index < -0.39 is 11.5 Å². The lowest BCUT2D eigenvalue weighted by atomic mass is 9.79. The number of aliphatic hydroxyl groups is 1. The van der Waals surface area contributed by atoms with Crippen molar-refractivity contribution in [3.8, 4) is 16.9 Å². The van der Waals surface area contributed by atoms with Gasteiger partial charge in [-0.15, -0.1) is 0 Å². The van der Waals surface area contributed by atoms with Gasteiger partial charge >= 0.3 is 5.97 Å². The minimum absolute atomic E-state index is 0.00330. The van der Waals surface area contributed by atoms with Crippen molar-refractivity contribution >= 4 is 5.97 Å². The maximum atomic E-state index is 15.0. The number of halogens is 1. The summed E-state index contributed by atoms with van der Waals surface area (Å²) in [7, 11) is 0. The first kappa shape index (κ1) is 24.0. The highest BCUT2D eigenvalue weighted by Crippen LogP contribution is 2.46. The van der Waals surface area contributed by atoms with Gasteiger partial charge in [0.25, 0.3) is 0 Å². The van der Waals surface area contributed by atoms with E-state index in [4.69, 9.17) is 9.47 Å². The Bertz CT molecular complexity index is 1120. The molecule has 3 atom stereocenters. The first-order valence-corrected chi connectivity index (χ1v) is 11.8. The molecule has 0 bridgehead atoms. The van der Waals surface area contributed by atoms with Gasteiger partial charge in [0.1, 0.15) is 18.2 Å². The SMILES string of the molecule is CCOC(=O)[C@@]1(Cc2ccc(F)c(-c3ccccc3OCc3ccccc3)c2)C[C@@H](C)[C@@H](O)C1. The van der Waals surface area contributed by atoms with E-state index in [-0.39, 0.29) is 24.3 Å². The summed E-state index contributed by atoms with van der Waals surface area (Å²) in [5, 5.41) is 10.4. The molecule has 0 saturated heterocycles. The summed E-state index contributed by atoms with van der Waals surface area (Å²) in [6.07, 6.45) is 0.706. The van der Waals surface area contributed by atoms with Gasteiger partial charge in [-0.05, 0) is 61.4 Å². The summed E-state index contributed by atoms with van der Waals surface area (Å²) in [6.45, 7) is 4.39. The van der Waals surface area contributed by atoms with Crippen molar-refractivity contribution in [1.82, 2.24) is 0 Å². The molecule has 0 aromatic heterocycles. The quantitative estimate of drug-likeness (QED) is 0.420. The average Bonchev–Trinajstić information content (AvgIpc) is 3.14. The van der Waals surface area contributed by atoms with Crippen LogP contribution in [0.4, 0.5) is 4.39 Å². The monoisotopic (exact) mass is 462 g/mol. The fraction of sp³-hybridized carbons (Fsp3) is 0.345. The molecule has 1 aliphatic carbocycles. The number of rotatable bonds is 8. The van der Waals surface area contributed by atoms with Crippen molar-refractivity contribution in [3.05, 3.63) is 89.7 Å². The Labute approximate surface area is 200 Å². The normalized spacial score (nSPS) is 21.9. The number of para-hydroxylation sites is 1. The van der Waals surface area contributed by atoms with Crippen molar-refractivity contribution in [2.45, 2.75) is 45.8 Å². The predicted octanol–water partition coefficient (Wildman–Crippen LogP) is 5.95. The fourth-order valence-corrected chi connectivity index (χ4v) is 4.93. The molecule has 1 saturated carbocycles. The largest absolute Gasteiger partial charge is 0.488 e. The molecular formula is C29H31FO4. The summed E-state index contributed by atoms with van der Waals surface area (Å²) in [6, 6.07) is 22.1. The molecule has 3 aromatic rings. The maximum Gasteiger partial charge on any atom is 0.312 e. The van der Waals surface area contributed by atoms with Crippen molar-refractivity contribution in [1.29, 1.82) is 0 Å². The van der Waals surface area contributed by atoms with Crippen molar-refractivity contribution in [2.75, 3.05) is 6.61 Å². The summed E-state index contributed by atoms with van der Waals surface area (Å²) < 4.78 is 26.5. The number of aliphatic hydroxyl groups excluding tert-OH is 1. The molecule has 0 unspecified atom stereocenters. The van der Waals surface area contributed by atoms with E-state index in [9.17, 15) is 9.90 Å². The number of ether oxygens (including phenoxy) is 2.